The third-order valence-electron chi connectivity index (χ3n) is 3.08. The number of aryl methyl sites for hydroxylation is 2. The Labute approximate surface area is 128 Å². The van der Waals surface area contributed by atoms with Gasteiger partial charge in [0.2, 0.25) is 0 Å². The number of thiophene rings is 1. The molecule has 0 radical (unpaired) electrons. The molecule has 0 fully saturated rings. The quantitative estimate of drug-likeness (QED) is 0.813. The van der Waals surface area contributed by atoms with Crippen LogP contribution in [0.15, 0.2) is 29.0 Å². The summed E-state index contributed by atoms with van der Waals surface area (Å²) in [5, 5.41) is 19.4. The summed E-state index contributed by atoms with van der Waals surface area (Å²) in [4.78, 5) is 16.1. The lowest BCUT2D eigenvalue weighted by atomic mass is 9.99. The van der Waals surface area contributed by atoms with Gasteiger partial charge in [0, 0.05) is 5.69 Å². The maximum atomic E-state index is 11.9. The highest BCUT2D eigenvalue weighted by atomic mass is 32.1. The summed E-state index contributed by atoms with van der Waals surface area (Å²) >= 11 is 1.51. The van der Waals surface area contributed by atoms with E-state index in [1.54, 1.807) is 13.0 Å². The molecule has 0 aliphatic heterocycles. The summed E-state index contributed by atoms with van der Waals surface area (Å²) in [6.07, 6.45) is 0. The number of anilines is 1. The second-order valence-electron chi connectivity index (χ2n) is 5.26. The molecule has 0 spiro atoms. The standard InChI is InChI=1S/C15H19N3O2S/c1-10-6-11(2)17-13(7-10)18-14(19)16-9-15(3,20)12-4-5-21-8-12/h4-8,20H,9H2,1-3H3,(H2,16,17,18,19)/t15-/m0/s1. The third kappa shape index (κ3) is 4.27. The molecule has 3 N–H and O–H groups in total. The van der Waals surface area contributed by atoms with Gasteiger partial charge in [0.05, 0.1) is 6.54 Å². The van der Waals surface area contributed by atoms with Gasteiger partial charge in [-0.1, -0.05) is 0 Å². The molecule has 0 saturated carbocycles. The Morgan fingerprint density at radius 1 is 1.43 bits per heavy atom. The van der Waals surface area contributed by atoms with Crippen LogP contribution in [0, 0.1) is 13.8 Å². The van der Waals surface area contributed by atoms with Crippen LogP contribution in [-0.4, -0.2) is 22.7 Å². The lowest BCUT2D eigenvalue weighted by Crippen LogP contribution is -2.40. The van der Waals surface area contributed by atoms with Gasteiger partial charge in [0.1, 0.15) is 11.4 Å². The molecule has 2 aromatic rings. The Bertz CT molecular complexity index is 604. The van der Waals surface area contributed by atoms with Crippen molar-refractivity contribution in [3.63, 3.8) is 0 Å². The molecule has 0 aliphatic rings. The minimum atomic E-state index is -1.09. The van der Waals surface area contributed by atoms with Crippen LogP contribution in [0.2, 0.25) is 0 Å². The molecule has 21 heavy (non-hydrogen) atoms. The number of aliphatic hydroxyl groups is 1. The molecular weight excluding hydrogens is 286 g/mol. The number of urea groups is 1. The van der Waals surface area contributed by atoms with E-state index in [-0.39, 0.29) is 12.6 Å². The Kier molecular flexibility index (Phi) is 4.59. The minimum absolute atomic E-state index is 0.125. The van der Waals surface area contributed by atoms with Crippen molar-refractivity contribution >= 4 is 23.2 Å². The molecule has 0 aromatic carbocycles. The molecule has 6 heteroatoms. The smallest absolute Gasteiger partial charge is 0.320 e. The van der Waals surface area contributed by atoms with E-state index in [4.69, 9.17) is 0 Å². The zero-order valence-electron chi connectivity index (χ0n) is 12.3. The number of aromatic nitrogens is 1. The first kappa shape index (κ1) is 15.5. The second-order valence-corrected chi connectivity index (χ2v) is 6.04. The van der Waals surface area contributed by atoms with E-state index in [0.717, 1.165) is 16.8 Å². The molecular formula is C15H19N3O2S. The highest BCUT2D eigenvalue weighted by Crippen LogP contribution is 2.22. The first-order valence-corrected chi connectivity index (χ1v) is 7.56. The van der Waals surface area contributed by atoms with Crippen LogP contribution in [0.1, 0.15) is 23.7 Å². The summed E-state index contributed by atoms with van der Waals surface area (Å²) < 4.78 is 0. The van der Waals surface area contributed by atoms with Crippen LogP contribution >= 0.6 is 11.3 Å². The fraction of sp³-hybridized carbons (Fsp3) is 0.333. The Morgan fingerprint density at radius 2 is 2.19 bits per heavy atom. The Morgan fingerprint density at radius 3 is 2.81 bits per heavy atom. The lowest BCUT2D eigenvalue weighted by Gasteiger charge is -2.22. The van der Waals surface area contributed by atoms with Crippen molar-refractivity contribution in [2.45, 2.75) is 26.4 Å². The van der Waals surface area contributed by atoms with Gasteiger partial charge in [-0.15, -0.1) is 0 Å². The van der Waals surface area contributed by atoms with E-state index in [0.29, 0.717) is 5.82 Å². The molecule has 112 valence electrons. The van der Waals surface area contributed by atoms with Crippen molar-refractivity contribution in [2.24, 2.45) is 0 Å². The van der Waals surface area contributed by atoms with Crippen molar-refractivity contribution < 1.29 is 9.90 Å². The van der Waals surface area contributed by atoms with Crippen LogP contribution in [0.25, 0.3) is 0 Å². The Hall–Kier alpha value is -1.92. The van der Waals surface area contributed by atoms with Crippen LogP contribution in [-0.2, 0) is 5.60 Å². The van der Waals surface area contributed by atoms with Crippen LogP contribution in [0.5, 0.6) is 0 Å². The van der Waals surface area contributed by atoms with Gasteiger partial charge >= 0.3 is 6.03 Å². The number of hydrogen-bond donors (Lipinski definition) is 3. The van der Waals surface area contributed by atoms with E-state index < -0.39 is 5.60 Å². The molecule has 1 atom stereocenters. The molecule has 0 saturated heterocycles. The first-order chi connectivity index (χ1) is 9.87. The number of hydrogen-bond acceptors (Lipinski definition) is 4. The highest BCUT2D eigenvalue weighted by molar-refractivity contribution is 7.08. The van der Waals surface area contributed by atoms with Crippen molar-refractivity contribution in [1.29, 1.82) is 0 Å². The molecule has 2 heterocycles. The zero-order chi connectivity index (χ0) is 15.5. The van der Waals surface area contributed by atoms with Gasteiger partial charge in [-0.3, -0.25) is 5.32 Å². The van der Waals surface area contributed by atoms with Crippen molar-refractivity contribution in [3.8, 4) is 0 Å². The van der Waals surface area contributed by atoms with Gasteiger partial charge in [0.25, 0.3) is 0 Å². The fourth-order valence-corrected chi connectivity index (χ4v) is 2.77. The first-order valence-electron chi connectivity index (χ1n) is 6.62. The zero-order valence-corrected chi connectivity index (χ0v) is 13.1. The minimum Gasteiger partial charge on any atom is -0.384 e. The fourth-order valence-electron chi connectivity index (χ4n) is 1.99. The van der Waals surface area contributed by atoms with E-state index in [1.165, 1.54) is 11.3 Å². The summed E-state index contributed by atoms with van der Waals surface area (Å²) in [5.41, 5.74) is 1.57. The molecule has 0 unspecified atom stereocenters. The number of carbonyl (C=O) groups excluding carboxylic acids is 1. The molecule has 5 nitrogen and oxygen atoms in total. The van der Waals surface area contributed by atoms with Crippen molar-refractivity contribution in [1.82, 2.24) is 10.3 Å². The molecule has 0 bridgehead atoms. The summed E-state index contributed by atoms with van der Waals surface area (Å²) in [6, 6.07) is 5.19. The van der Waals surface area contributed by atoms with Gasteiger partial charge in [0.15, 0.2) is 0 Å². The second kappa shape index (κ2) is 6.24. The SMILES string of the molecule is Cc1cc(C)nc(NC(=O)NC[C@](C)(O)c2ccsc2)c1. The predicted molar refractivity (Wildman–Crippen MR) is 84.6 cm³/mol. The van der Waals surface area contributed by atoms with Gasteiger partial charge in [-0.25, -0.2) is 9.78 Å². The van der Waals surface area contributed by atoms with Crippen LogP contribution < -0.4 is 10.6 Å². The number of nitrogens with one attached hydrogen (secondary N) is 2. The van der Waals surface area contributed by atoms with Crippen LogP contribution in [0.3, 0.4) is 0 Å². The predicted octanol–water partition coefficient (Wildman–Crippen LogP) is 2.79. The number of nitrogens with zero attached hydrogens (tertiary/aromatic N) is 1. The average molecular weight is 305 g/mol. The van der Waals surface area contributed by atoms with Crippen molar-refractivity contribution in [3.05, 3.63) is 45.8 Å². The molecule has 2 aromatic heterocycles. The van der Waals surface area contributed by atoms with E-state index >= 15 is 0 Å². The number of carbonyl (C=O) groups is 1. The number of amides is 2. The normalized spacial score (nSPS) is 13.5. The average Bonchev–Trinajstić information content (AvgIpc) is 2.89. The maximum absolute atomic E-state index is 11.9. The van der Waals surface area contributed by atoms with Crippen molar-refractivity contribution in [2.75, 3.05) is 11.9 Å². The van der Waals surface area contributed by atoms with E-state index in [2.05, 4.69) is 15.6 Å². The van der Waals surface area contributed by atoms with Gasteiger partial charge in [-0.2, -0.15) is 11.3 Å². The monoisotopic (exact) mass is 305 g/mol. The maximum Gasteiger partial charge on any atom is 0.320 e. The molecule has 0 aliphatic carbocycles. The largest absolute Gasteiger partial charge is 0.384 e. The van der Waals surface area contributed by atoms with Crippen LogP contribution in [0.4, 0.5) is 10.6 Å². The topological polar surface area (TPSA) is 74.2 Å². The lowest BCUT2D eigenvalue weighted by molar-refractivity contribution is 0.0604. The summed E-state index contributed by atoms with van der Waals surface area (Å²) in [6.45, 7) is 5.61. The van der Waals surface area contributed by atoms with Gasteiger partial charge in [-0.05, 0) is 60.9 Å². The molecule has 2 rings (SSSR count). The van der Waals surface area contributed by atoms with E-state index in [1.807, 2.05) is 36.7 Å². The highest BCUT2D eigenvalue weighted by Gasteiger charge is 2.24. The number of rotatable bonds is 4. The van der Waals surface area contributed by atoms with Gasteiger partial charge < -0.3 is 10.4 Å². The van der Waals surface area contributed by atoms with E-state index in [9.17, 15) is 9.90 Å². The summed E-state index contributed by atoms with van der Waals surface area (Å²) in [5.74, 6) is 0.500. The third-order valence-corrected chi connectivity index (χ3v) is 3.76. The number of pyridine rings is 1. The molecule has 2 amide bonds. The Balaban J connectivity index is 1.93. The summed E-state index contributed by atoms with van der Waals surface area (Å²) in [7, 11) is 0.